The molecule has 4 heteroatoms. The Hall–Kier alpha value is -1.50. The van der Waals surface area contributed by atoms with Crippen LogP contribution >= 0.6 is 0 Å². The van der Waals surface area contributed by atoms with Gasteiger partial charge in [0.05, 0.1) is 5.92 Å². The summed E-state index contributed by atoms with van der Waals surface area (Å²) in [5.74, 6) is 1.70. The van der Waals surface area contributed by atoms with E-state index >= 15 is 0 Å². The molecule has 0 aliphatic carbocycles. The highest BCUT2D eigenvalue weighted by Crippen LogP contribution is 2.29. The van der Waals surface area contributed by atoms with E-state index < -0.39 is 5.60 Å². The van der Waals surface area contributed by atoms with Gasteiger partial charge in [-0.25, -0.2) is 4.79 Å². The molecule has 0 aromatic heterocycles. The van der Waals surface area contributed by atoms with Gasteiger partial charge in [0.2, 0.25) is 5.78 Å². The molecule has 18 heavy (non-hydrogen) atoms. The van der Waals surface area contributed by atoms with Crippen LogP contribution in [0.3, 0.4) is 0 Å². The molecule has 1 fully saturated rings. The number of terminal acetylenes is 1. The zero-order chi connectivity index (χ0) is 13.9. The molecule has 0 aromatic rings. The largest absolute Gasteiger partial charge is 0.444 e. The van der Waals surface area contributed by atoms with Crippen LogP contribution in [0.2, 0.25) is 0 Å². The van der Waals surface area contributed by atoms with Crippen LogP contribution in [0, 0.1) is 18.3 Å². The van der Waals surface area contributed by atoms with Gasteiger partial charge in [0.25, 0.3) is 0 Å². The molecule has 1 heterocycles. The Kier molecular flexibility index (Phi) is 4.39. The van der Waals surface area contributed by atoms with Gasteiger partial charge in [-0.3, -0.25) is 4.79 Å². The summed E-state index contributed by atoms with van der Waals surface area (Å²) in [7, 11) is 0. The normalized spacial score (nSPS) is 23.6. The van der Waals surface area contributed by atoms with Crippen molar-refractivity contribution in [1.82, 2.24) is 4.90 Å². The minimum absolute atomic E-state index is 0.136. The van der Waals surface area contributed by atoms with E-state index in [1.807, 2.05) is 27.7 Å². The van der Waals surface area contributed by atoms with Crippen molar-refractivity contribution in [2.45, 2.75) is 52.2 Å². The zero-order valence-electron chi connectivity index (χ0n) is 11.5. The zero-order valence-corrected chi connectivity index (χ0v) is 11.5. The van der Waals surface area contributed by atoms with Crippen molar-refractivity contribution in [1.29, 1.82) is 0 Å². The van der Waals surface area contributed by atoms with Gasteiger partial charge in [0, 0.05) is 12.6 Å². The molecule has 1 rings (SSSR count). The molecular weight excluding hydrogens is 230 g/mol. The summed E-state index contributed by atoms with van der Waals surface area (Å²) >= 11 is 0. The van der Waals surface area contributed by atoms with Gasteiger partial charge < -0.3 is 9.64 Å². The third-order valence-electron chi connectivity index (χ3n) is 3.07. The Labute approximate surface area is 109 Å². The summed E-state index contributed by atoms with van der Waals surface area (Å²) in [6, 6.07) is -0.136. The minimum Gasteiger partial charge on any atom is -0.444 e. The molecular formula is C14H21NO3. The van der Waals surface area contributed by atoms with Gasteiger partial charge >= 0.3 is 6.09 Å². The fraction of sp³-hybridized carbons (Fsp3) is 0.714. The Bertz CT molecular complexity index is 375. The van der Waals surface area contributed by atoms with Crippen molar-refractivity contribution in [2.75, 3.05) is 6.54 Å². The highest BCUT2D eigenvalue weighted by Gasteiger charge is 2.40. The molecule has 1 aliphatic rings. The van der Waals surface area contributed by atoms with Crippen LogP contribution in [0.15, 0.2) is 0 Å². The molecule has 2 atom stereocenters. The van der Waals surface area contributed by atoms with Crippen molar-refractivity contribution < 1.29 is 14.3 Å². The summed E-state index contributed by atoms with van der Waals surface area (Å²) in [6.07, 6.45) is 6.13. The molecule has 0 N–H and O–H groups in total. The maximum Gasteiger partial charge on any atom is 0.410 e. The average molecular weight is 251 g/mol. The molecule has 1 amide bonds. The second kappa shape index (κ2) is 5.43. The van der Waals surface area contributed by atoms with Crippen LogP contribution in [0.5, 0.6) is 0 Å². The third-order valence-corrected chi connectivity index (χ3v) is 3.07. The summed E-state index contributed by atoms with van der Waals surface area (Å²) in [5.41, 5.74) is -0.524. The molecule has 2 unspecified atom stereocenters. The van der Waals surface area contributed by atoms with Gasteiger partial charge in [-0.05, 0) is 39.5 Å². The highest BCUT2D eigenvalue weighted by molar-refractivity contribution is 5.97. The smallest absolute Gasteiger partial charge is 0.410 e. The maximum absolute atomic E-state index is 12.0. The van der Waals surface area contributed by atoms with Crippen LogP contribution in [-0.4, -0.2) is 35.0 Å². The molecule has 100 valence electrons. The van der Waals surface area contributed by atoms with Gasteiger partial charge in [0.15, 0.2) is 0 Å². The Morgan fingerprint density at radius 2 is 2.06 bits per heavy atom. The van der Waals surface area contributed by atoms with E-state index in [0.717, 1.165) is 0 Å². The van der Waals surface area contributed by atoms with Crippen molar-refractivity contribution in [3.63, 3.8) is 0 Å². The van der Waals surface area contributed by atoms with E-state index in [1.54, 1.807) is 4.90 Å². The number of ketones is 1. The number of nitrogens with zero attached hydrogens (tertiary/aromatic N) is 1. The molecule has 0 saturated carbocycles. The monoisotopic (exact) mass is 251 g/mol. The topological polar surface area (TPSA) is 46.6 Å². The van der Waals surface area contributed by atoms with E-state index in [-0.39, 0.29) is 23.8 Å². The number of amides is 1. The van der Waals surface area contributed by atoms with E-state index in [2.05, 4.69) is 5.92 Å². The van der Waals surface area contributed by atoms with E-state index in [4.69, 9.17) is 11.2 Å². The first kappa shape index (κ1) is 14.6. The summed E-state index contributed by atoms with van der Waals surface area (Å²) in [6.45, 7) is 7.96. The Balaban J connectivity index is 2.77. The van der Waals surface area contributed by atoms with Crippen molar-refractivity contribution in [2.24, 2.45) is 5.92 Å². The predicted octanol–water partition coefficient (Wildman–Crippen LogP) is 2.22. The molecule has 1 aliphatic heterocycles. The quantitative estimate of drug-likeness (QED) is 0.558. The molecule has 1 saturated heterocycles. The Morgan fingerprint density at radius 1 is 1.44 bits per heavy atom. The molecule has 0 bridgehead atoms. The summed E-state index contributed by atoms with van der Waals surface area (Å²) < 4.78 is 5.34. The fourth-order valence-electron chi connectivity index (χ4n) is 2.32. The molecule has 0 spiro atoms. The summed E-state index contributed by atoms with van der Waals surface area (Å²) in [5, 5.41) is 0. The van der Waals surface area contributed by atoms with E-state index in [9.17, 15) is 9.59 Å². The first-order chi connectivity index (χ1) is 8.30. The lowest BCUT2D eigenvalue weighted by Crippen LogP contribution is -2.42. The average Bonchev–Trinajstić information content (AvgIpc) is 2.69. The molecule has 4 nitrogen and oxygen atoms in total. The van der Waals surface area contributed by atoms with Crippen LogP contribution in [-0.2, 0) is 9.53 Å². The second-order valence-electron chi connectivity index (χ2n) is 5.55. The first-order valence-corrected chi connectivity index (χ1v) is 6.30. The lowest BCUT2D eigenvalue weighted by Gasteiger charge is -2.29. The summed E-state index contributed by atoms with van der Waals surface area (Å²) in [4.78, 5) is 25.3. The fourth-order valence-corrected chi connectivity index (χ4v) is 2.32. The number of rotatable bonds is 2. The van der Waals surface area contributed by atoms with Crippen LogP contribution in [0.4, 0.5) is 4.79 Å². The van der Waals surface area contributed by atoms with Crippen molar-refractivity contribution in [3.05, 3.63) is 0 Å². The minimum atomic E-state index is -0.524. The lowest BCUT2D eigenvalue weighted by atomic mass is 9.94. The van der Waals surface area contributed by atoms with Gasteiger partial charge in [-0.1, -0.05) is 6.92 Å². The molecule has 0 aromatic carbocycles. The van der Waals surface area contributed by atoms with Crippen molar-refractivity contribution in [3.8, 4) is 12.3 Å². The van der Waals surface area contributed by atoms with Gasteiger partial charge in [0.1, 0.15) is 5.60 Å². The first-order valence-electron chi connectivity index (χ1n) is 6.30. The standard InChI is InChI=1S/C14H21NO3/c1-6-11-10(12(16)7-2)8-9-15(11)13(17)18-14(3,4)5/h2,10-11H,6,8-9H2,1,3-5H3. The van der Waals surface area contributed by atoms with E-state index in [1.165, 1.54) is 0 Å². The number of carbonyl (C=O) groups excluding carboxylic acids is 2. The van der Waals surface area contributed by atoms with Crippen molar-refractivity contribution >= 4 is 11.9 Å². The number of ether oxygens (including phenoxy) is 1. The number of likely N-dealkylation sites (tertiary alicyclic amines) is 1. The van der Waals surface area contributed by atoms with Crippen LogP contribution in [0.1, 0.15) is 40.5 Å². The van der Waals surface area contributed by atoms with Crippen LogP contribution < -0.4 is 0 Å². The number of Topliss-reactive ketones (excluding diaryl/α,β-unsaturated/α-hetero) is 1. The van der Waals surface area contributed by atoms with Gasteiger partial charge in [-0.15, -0.1) is 6.42 Å². The number of carbonyl (C=O) groups is 2. The maximum atomic E-state index is 12.0. The lowest BCUT2D eigenvalue weighted by molar-refractivity contribution is -0.118. The van der Waals surface area contributed by atoms with Crippen LogP contribution in [0.25, 0.3) is 0 Å². The predicted molar refractivity (Wildman–Crippen MR) is 69.0 cm³/mol. The highest BCUT2D eigenvalue weighted by atomic mass is 16.6. The SMILES string of the molecule is C#CC(=O)C1CCN(C(=O)OC(C)(C)C)C1CC. The third kappa shape index (κ3) is 3.25. The number of hydrogen-bond donors (Lipinski definition) is 0. The van der Waals surface area contributed by atoms with E-state index in [0.29, 0.717) is 19.4 Å². The number of hydrogen-bond acceptors (Lipinski definition) is 3. The van der Waals surface area contributed by atoms with Gasteiger partial charge in [-0.2, -0.15) is 0 Å². The molecule has 0 radical (unpaired) electrons. The Morgan fingerprint density at radius 3 is 2.50 bits per heavy atom. The second-order valence-corrected chi connectivity index (χ2v) is 5.55.